The topological polar surface area (TPSA) is 125 Å². The van der Waals surface area contributed by atoms with E-state index in [-0.39, 0.29) is 19.5 Å². The predicted molar refractivity (Wildman–Crippen MR) is 114 cm³/mol. The van der Waals surface area contributed by atoms with Crippen LogP contribution < -0.4 is 11.2 Å². The van der Waals surface area contributed by atoms with E-state index in [0.717, 1.165) is 16.2 Å². The molecule has 0 unspecified atom stereocenters. The van der Waals surface area contributed by atoms with Crippen LogP contribution in [0.5, 0.6) is 0 Å². The number of aromatic nitrogens is 2. The zero-order valence-corrected chi connectivity index (χ0v) is 17.9. The minimum absolute atomic E-state index is 0.136. The van der Waals surface area contributed by atoms with Crippen LogP contribution in [0.1, 0.15) is 38.8 Å². The van der Waals surface area contributed by atoms with Crippen molar-refractivity contribution in [1.29, 1.82) is 0 Å². The lowest BCUT2D eigenvalue weighted by molar-refractivity contribution is 0.0118. The van der Waals surface area contributed by atoms with Crippen LogP contribution in [0.15, 0.2) is 52.2 Å². The summed E-state index contributed by atoms with van der Waals surface area (Å²) in [6, 6.07) is 9.64. The second-order valence-electron chi connectivity index (χ2n) is 8.91. The molecule has 0 saturated heterocycles. The first-order valence-electron chi connectivity index (χ1n) is 10.2. The van der Waals surface area contributed by atoms with Crippen molar-refractivity contribution in [3.63, 3.8) is 0 Å². The zero-order valence-electron chi connectivity index (χ0n) is 17.9. The van der Waals surface area contributed by atoms with Gasteiger partial charge in [-0.05, 0) is 32.8 Å². The highest BCUT2D eigenvalue weighted by Crippen LogP contribution is 2.35. The van der Waals surface area contributed by atoms with E-state index in [1.54, 1.807) is 20.8 Å². The summed E-state index contributed by atoms with van der Waals surface area (Å²) in [6.07, 6.45) is -1.19. The standard InChI is InChI=1S/C22H29N3O6/c1-22(2,3)31-21(30)24(12-14-7-5-4-6-8-14)13-15-11-16(26)18(19(15)28)25-10-9-17(27)23-20(25)29/h4-10,15-16,18-19,26,28H,11-13H2,1-3H3,(H,23,27,29)/t15-,16-,18+,19+/m0/s1. The molecule has 1 aliphatic carbocycles. The largest absolute Gasteiger partial charge is 0.444 e. The number of hydrogen-bond donors (Lipinski definition) is 3. The molecule has 0 bridgehead atoms. The van der Waals surface area contributed by atoms with Crippen LogP contribution in [0.25, 0.3) is 0 Å². The lowest BCUT2D eigenvalue weighted by atomic mass is 10.0. The van der Waals surface area contributed by atoms with Crippen LogP contribution in [0.2, 0.25) is 0 Å². The Morgan fingerprint density at radius 3 is 2.48 bits per heavy atom. The van der Waals surface area contributed by atoms with E-state index in [2.05, 4.69) is 4.98 Å². The van der Waals surface area contributed by atoms with E-state index in [1.807, 2.05) is 30.3 Å². The van der Waals surface area contributed by atoms with Gasteiger partial charge in [-0.25, -0.2) is 9.59 Å². The molecule has 1 fully saturated rings. The maximum Gasteiger partial charge on any atom is 0.410 e. The van der Waals surface area contributed by atoms with Gasteiger partial charge in [0.15, 0.2) is 0 Å². The second kappa shape index (κ2) is 9.07. The first-order chi connectivity index (χ1) is 14.5. The molecule has 2 aromatic rings. The van der Waals surface area contributed by atoms with Gasteiger partial charge in [0.1, 0.15) is 5.60 Å². The first kappa shape index (κ1) is 22.8. The summed E-state index contributed by atoms with van der Waals surface area (Å²) >= 11 is 0. The van der Waals surface area contributed by atoms with Crippen molar-refractivity contribution in [2.75, 3.05) is 6.54 Å². The minimum Gasteiger partial charge on any atom is -0.444 e. The van der Waals surface area contributed by atoms with Crippen molar-refractivity contribution in [3.8, 4) is 0 Å². The molecule has 0 aliphatic heterocycles. The van der Waals surface area contributed by atoms with Gasteiger partial charge in [0.25, 0.3) is 5.56 Å². The molecule has 1 amide bonds. The van der Waals surface area contributed by atoms with Crippen LogP contribution >= 0.6 is 0 Å². The molecule has 9 heteroatoms. The Bertz CT molecular complexity index is 1010. The van der Waals surface area contributed by atoms with E-state index < -0.39 is 47.1 Å². The molecule has 4 atom stereocenters. The Morgan fingerprint density at radius 2 is 1.87 bits per heavy atom. The summed E-state index contributed by atoms with van der Waals surface area (Å²) < 4.78 is 6.67. The normalized spacial score (nSPS) is 23.5. The Balaban J connectivity index is 1.82. The number of carbonyl (C=O) groups is 1. The first-order valence-corrected chi connectivity index (χ1v) is 10.2. The number of H-pyrrole nitrogens is 1. The van der Waals surface area contributed by atoms with Gasteiger partial charge >= 0.3 is 11.8 Å². The molecule has 3 rings (SSSR count). The maximum atomic E-state index is 12.8. The summed E-state index contributed by atoms with van der Waals surface area (Å²) in [5.41, 5.74) is -1.05. The molecule has 3 N–H and O–H groups in total. The molecular formula is C22H29N3O6. The molecule has 1 aromatic heterocycles. The van der Waals surface area contributed by atoms with Crippen molar-refractivity contribution in [1.82, 2.24) is 14.5 Å². The van der Waals surface area contributed by atoms with Crippen LogP contribution in [-0.4, -0.2) is 55.1 Å². The van der Waals surface area contributed by atoms with Crippen molar-refractivity contribution in [2.45, 2.75) is 57.6 Å². The zero-order chi connectivity index (χ0) is 22.8. The number of benzene rings is 1. The lowest BCUT2D eigenvalue weighted by Gasteiger charge is -2.30. The van der Waals surface area contributed by atoms with Crippen molar-refractivity contribution >= 4 is 6.09 Å². The van der Waals surface area contributed by atoms with E-state index in [9.17, 15) is 24.6 Å². The molecule has 1 aromatic carbocycles. The monoisotopic (exact) mass is 431 g/mol. The molecule has 31 heavy (non-hydrogen) atoms. The number of aliphatic hydroxyl groups is 2. The van der Waals surface area contributed by atoms with Crippen molar-refractivity contribution < 1.29 is 19.7 Å². The average molecular weight is 431 g/mol. The predicted octanol–water partition coefficient (Wildman–Crippen LogP) is 1.26. The van der Waals surface area contributed by atoms with Gasteiger partial charge < -0.3 is 19.8 Å². The highest BCUT2D eigenvalue weighted by Gasteiger charge is 2.44. The van der Waals surface area contributed by atoms with Crippen LogP contribution in [0.3, 0.4) is 0 Å². The number of rotatable bonds is 5. The number of aliphatic hydroxyl groups excluding tert-OH is 2. The van der Waals surface area contributed by atoms with E-state index >= 15 is 0 Å². The molecule has 0 spiro atoms. The third-order valence-corrected chi connectivity index (χ3v) is 5.27. The Morgan fingerprint density at radius 1 is 1.19 bits per heavy atom. The number of carbonyl (C=O) groups excluding carboxylic acids is 1. The van der Waals surface area contributed by atoms with Crippen molar-refractivity contribution in [2.24, 2.45) is 5.92 Å². The quantitative estimate of drug-likeness (QED) is 0.655. The number of amides is 1. The Labute approximate surface area is 179 Å². The van der Waals surface area contributed by atoms with E-state index in [1.165, 1.54) is 11.1 Å². The number of nitrogens with one attached hydrogen (secondary N) is 1. The molecule has 168 valence electrons. The summed E-state index contributed by atoms with van der Waals surface area (Å²) in [7, 11) is 0. The van der Waals surface area contributed by atoms with Crippen molar-refractivity contribution in [3.05, 3.63) is 69.0 Å². The molecule has 9 nitrogen and oxygen atoms in total. The fourth-order valence-electron chi connectivity index (χ4n) is 3.91. The van der Waals surface area contributed by atoms with E-state index in [4.69, 9.17) is 4.74 Å². The molecule has 0 radical (unpaired) electrons. The van der Waals surface area contributed by atoms with Gasteiger partial charge in [-0.1, -0.05) is 30.3 Å². The van der Waals surface area contributed by atoms with Gasteiger partial charge in [-0.3, -0.25) is 14.3 Å². The maximum absolute atomic E-state index is 12.8. The fraction of sp³-hybridized carbons (Fsp3) is 0.500. The number of aromatic amines is 1. The van der Waals surface area contributed by atoms with Gasteiger partial charge in [0, 0.05) is 31.3 Å². The van der Waals surface area contributed by atoms with Crippen LogP contribution in [0.4, 0.5) is 4.79 Å². The van der Waals surface area contributed by atoms with E-state index in [0.29, 0.717) is 0 Å². The summed E-state index contributed by atoms with van der Waals surface area (Å²) in [5, 5.41) is 21.5. The van der Waals surface area contributed by atoms with Gasteiger partial charge in [0.2, 0.25) is 0 Å². The lowest BCUT2D eigenvalue weighted by Crippen LogP contribution is -2.42. The van der Waals surface area contributed by atoms with Gasteiger partial charge in [-0.2, -0.15) is 0 Å². The average Bonchev–Trinajstić information content (AvgIpc) is 2.94. The number of nitrogens with zero attached hydrogens (tertiary/aromatic N) is 2. The third kappa shape index (κ3) is 5.62. The fourth-order valence-corrected chi connectivity index (χ4v) is 3.91. The SMILES string of the molecule is CC(C)(C)OC(=O)N(Cc1ccccc1)C[C@@H]1C[C@H](O)[C@@H](n2ccc(=O)[nH]c2=O)[C@@H]1O. The summed E-state index contributed by atoms with van der Waals surface area (Å²) in [5.74, 6) is -0.491. The Hall–Kier alpha value is -2.91. The molecule has 1 heterocycles. The second-order valence-corrected chi connectivity index (χ2v) is 8.91. The van der Waals surface area contributed by atoms with Crippen LogP contribution in [0, 0.1) is 5.92 Å². The number of ether oxygens (including phenoxy) is 1. The Kier molecular flexibility index (Phi) is 6.66. The third-order valence-electron chi connectivity index (χ3n) is 5.27. The minimum atomic E-state index is -1.10. The highest BCUT2D eigenvalue weighted by molar-refractivity contribution is 5.68. The van der Waals surface area contributed by atoms with Gasteiger partial charge in [-0.15, -0.1) is 0 Å². The number of hydrogen-bond acceptors (Lipinski definition) is 6. The highest BCUT2D eigenvalue weighted by atomic mass is 16.6. The molecule has 1 saturated carbocycles. The van der Waals surface area contributed by atoms with Crippen LogP contribution in [-0.2, 0) is 11.3 Å². The summed E-state index contributed by atoms with van der Waals surface area (Å²) in [4.78, 5) is 40.0. The smallest absolute Gasteiger partial charge is 0.410 e. The summed E-state index contributed by atoms with van der Waals surface area (Å²) in [6.45, 7) is 5.74. The van der Waals surface area contributed by atoms with Gasteiger partial charge in [0.05, 0.1) is 18.2 Å². The molecule has 1 aliphatic rings. The molecular weight excluding hydrogens is 402 g/mol.